The summed E-state index contributed by atoms with van der Waals surface area (Å²) >= 11 is 6.17. The third kappa shape index (κ3) is 2.66. The van der Waals surface area contributed by atoms with E-state index in [1.165, 1.54) is 0 Å². The summed E-state index contributed by atoms with van der Waals surface area (Å²) in [6.07, 6.45) is 2.92. The number of anilines is 1. The first-order chi connectivity index (χ1) is 7.57. The maximum atomic E-state index is 10.4. The number of rotatable bonds is 5. The minimum absolute atomic E-state index is 0.567. The molecule has 0 saturated heterocycles. The van der Waals surface area contributed by atoms with E-state index in [0.29, 0.717) is 23.4 Å². The van der Waals surface area contributed by atoms with E-state index in [2.05, 4.69) is 10.3 Å². The van der Waals surface area contributed by atoms with E-state index in [-0.39, 0.29) is 0 Å². The van der Waals surface area contributed by atoms with Gasteiger partial charge in [0.25, 0.3) is 0 Å². The van der Waals surface area contributed by atoms with Crippen molar-refractivity contribution in [2.45, 2.75) is 39.2 Å². The van der Waals surface area contributed by atoms with Crippen LogP contribution in [0.25, 0.3) is 0 Å². The maximum absolute atomic E-state index is 10.4. The van der Waals surface area contributed by atoms with Crippen molar-refractivity contribution in [2.75, 3.05) is 11.9 Å². The van der Waals surface area contributed by atoms with Crippen LogP contribution in [0.15, 0.2) is 12.3 Å². The molecule has 1 aromatic heterocycles. The van der Waals surface area contributed by atoms with Crippen molar-refractivity contribution in [3.05, 3.63) is 22.8 Å². The van der Waals surface area contributed by atoms with Crippen molar-refractivity contribution in [3.63, 3.8) is 0 Å². The van der Waals surface area contributed by atoms with Crippen molar-refractivity contribution >= 4 is 17.4 Å². The van der Waals surface area contributed by atoms with E-state index in [1.54, 1.807) is 12.3 Å². The van der Waals surface area contributed by atoms with Crippen molar-refractivity contribution in [1.82, 2.24) is 4.98 Å². The molecular weight excluding hydrogens is 224 g/mol. The van der Waals surface area contributed by atoms with E-state index in [9.17, 15) is 5.11 Å². The summed E-state index contributed by atoms with van der Waals surface area (Å²) in [5.41, 5.74) is -0.157. The zero-order valence-corrected chi connectivity index (χ0v) is 10.8. The Morgan fingerprint density at radius 3 is 2.44 bits per heavy atom. The van der Waals surface area contributed by atoms with E-state index < -0.39 is 5.60 Å². The van der Waals surface area contributed by atoms with Gasteiger partial charge in [0.2, 0.25) is 0 Å². The molecule has 0 fully saturated rings. The minimum atomic E-state index is -0.866. The molecule has 0 atom stereocenters. The second-order valence-electron chi connectivity index (χ2n) is 3.82. The molecule has 0 saturated carbocycles. The fourth-order valence-corrected chi connectivity index (χ4v) is 2.01. The molecule has 0 spiro atoms. The number of aromatic nitrogens is 1. The van der Waals surface area contributed by atoms with Crippen LogP contribution < -0.4 is 5.32 Å². The first-order valence-electron chi connectivity index (χ1n) is 5.69. The van der Waals surface area contributed by atoms with Crippen LogP contribution >= 0.6 is 11.6 Å². The SMILES string of the molecule is CCNc1cc(Cl)c(C(O)(CC)CC)cn1. The van der Waals surface area contributed by atoms with E-state index in [4.69, 9.17) is 11.6 Å². The zero-order chi connectivity index (χ0) is 12.2. The fourth-order valence-electron chi connectivity index (χ4n) is 1.68. The van der Waals surface area contributed by atoms with Gasteiger partial charge in [0.1, 0.15) is 5.82 Å². The minimum Gasteiger partial charge on any atom is -0.385 e. The quantitative estimate of drug-likeness (QED) is 0.834. The molecule has 0 aliphatic heterocycles. The summed E-state index contributed by atoms with van der Waals surface area (Å²) in [5.74, 6) is 0.741. The van der Waals surface area contributed by atoms with Gasteiger partial charge < -0.3 is 10.4 Å². The van der Waals surface area contributed by atoms with Gasteiger partial charge in [0, 0.05) is 18.3 Å². The van der Waals surface area contributed by atoms with E-state index in [0.717, 1.165) is 12.4 Å². The molecule has 0 amide bonds. The van der Waals surface area contributed by atoms with Crippen LogP contribution in [0, 0.1) is 0 Å². The molecule has 0 bridgehead atoms. The van der Waals surface area contributed by atoms with Gasteiger partial charge in [-0.15, -0.1) is 0 Å². The number of hydrogen-bond donors (Lipinski definition) is 2. The smallest absolute Gasteiger partial charge is 0.127 e. The van der Waals surface area contributed by atoms with E-state index in [1.807, 2.05) is 20.8 Å². The van der Waals surface area contributed by atoms with Crippen LogP contribution in [-0.2, 0) is 5.60 Å². The Morgan fingerprint density at radius 1 is 1.38 bits per heavy atom. The van der Waals surface area contributed by atoms with Gasteiger partial charge in [0.15, 0.2) is 0 Å². The van der Waals surface area contributed by atoms with Gasteiger partial charge in [-0.2, -0.15) is 0 Å². The second kappa shape index (κ2) is 5.51. The number of hydrogen-bond acceptors (Lipinski definition) is 3. The molecular formula is C12H19ClN2O. The third-order valence-corrected chi connectivity index (χ3v) is 3.20. The number of nitrogens with zero attached hydrogens (tertiary/aromatic N) is 1. The van der Waals surface area contributed by atoms with Crippen LogP contribution in [0.1, 0.15) is 39.2 Å². The third-order valence-electron chi connectivity index (χ3n) is 2.88. The number of aliphatic hydroxyl groups is 1. The normalized spacial score (nSPS) is 11.6. The van der Waals surface area contributed by atoms with Crippen molar-refractivity contribution < 1.29 is 5.11 Å². The molecule has 1 aromatic rings. The largest absolute Gasteiger partial charge is 0.385 e. The standard InChI is InChI=1S/C12H19ClN2O/c1-4-12(16,5-2)9-8-15-11(14-6-3)7-10(9)13/h7-8,16H,4-6H2,1-3H3,(H,14,15). The monoisotopic (exact) mass is 242 g/mol. The number of pyridine rings is 1. The highest BCUT2D eigenvalue weighted by molar-refractivity contribution is 6.31. The van der Waals surface area contributed by atoms with Gasteiger partial charge in [-0.1, -0.05) is 25.4 Å². The van der Waals surface area contributed by atoms with Crippen LogP contribution in [-0.4, -0.2) is 16.6 Å². The molecule has 0 aliphatic rings. The molecule has 0 aliphatic carbocycles. The first-order valence-corrected chi connectivity index (χ1v) is 6.07. The lowest BCUT2D eigenvalue weighted by molar-refractivity contribution is 0.0282. The van der Waals surface area contributed by atoms with Crippen molar-refractivity contribution in [2.24, 2.45) is 0 Å². The summed E-state index contributed by atoms with van der Waals surface area (Å²) in [7, 11) is 0. The highest BCUT2D eigenvalue weighted by Crippen LogP contribution is 2.34. The Balaban J connectivity index is 3.07. The first kappa shape index (κ1) is 13.3. The Bertz CT molecular complexity index is 351. The fraction of sp³-hybridized carbons (Fsp3) is 0.583. The maximum Gasteiger partial charge on any atom is 0.127 e. The lowest BCUT2D eigenvalue weighted by Gasteiger charge is -2.26. The predicted molar refractivity (Wildman–Crippen MR) is 67.9 cm³/mol. The van der Waals surface area contributed by atoms with Crippen LogP contribution in [0.3, 0.4) is 0 Å². The topological polar surface area (TPSA) is 45.1 Å². The average Bonchev–Trinajstić information content (AvgIpc) is 2.29. The number of halogens is 1. The average molecular weight is 243 g/mol. The summed E-state index contributed by atoms with van der Waals surface area (Å²) in [4.78, 5) is 4.24. The van der Waals surface area contributed by atoms with Gasteiger partial charge in [0.05, 0.1) is 10.6 Å². The lowest BCUT2D eigenvalue weighted by Crippen LogP contribution is -2.24. The molecule has 0 aromatic carbocycles. The lowest BCUT2D eigenvalue weighted by atomic mass is 9.90. The zero-order valence-electron chi connectivity index (χ0n) is 10.0. The Morgan fingerprint density at radius 2 is 2.00 bits per heavy atom. The molecule has 0 radical (unpaired) electrons. The Kier molecular flexibility index (Phi) is 4.56. The molecule has 90 valence electrons. The van der Waals surface area contributed by atoms with Gasteiger partial charge in [-0.05, 0) is 25.8 Å². The predicted octanol–water partition coefficient (Wildman–Crippen LogP) is 3.17. The summed E-state index contributed by atoms with van der Waals surface area (Å²) in [5, 5.41) is 14.0. The van der Waals surface area contributed by atoms with Crippen LogP contribution in [0.4, 0.5) is 5.82 Å². The summed E-state index contributed by atoms with van der Waals surface area (Å²) in [6.45, 7) is 6.68. The molecule has 1 heterocycles. The molecule has 16 heavy (non-hydrogen) atoms. The molecule has 4 heteroatoms. The number of nitrogens with one attached hydrogen (secondary N) is 1. The van der Waals surface area contributed by atoms with Gasteiger partial charge in [-0.25, -0.2) is 4.98 Å². The molecule has 2 N–H and O–H groups in total. The van der Waals surface area contributed by atoms with Gasteiger partial charge in [-0.3, -0.25) is 0 Å². The van der Waals surface area contributed by atoms with Crippen LogP contribution in [0.5, 0.6) is 0 Å². The summed E-state index contributed by atoms with van der Waals surface area (Å²) < 4.78 is 0. The Labute approximate surface area is 102 Å². The second-order valence-corrected chi connectivity index (χ2v) is 4.23. The van der Waals surface area contributed by atoms with Gasteiger partial charge >= 0.3 is 0 Å². The highest BCUT2D eigenvalue weighted by atomic mass is 35.5. The molecule has 0 unspecified atom stereocenters. The highest BCUT2D eigenvalue weighted by Gasteiger charge is 2.27. The van der Waals surface area contributed by atoms with Crippen molar-refractivity contribution in [3.8, 4) is 0 Å². The van der Waals surface area contributed by atoms with E-state index >= 15 is 0 Å². The Hall–Kier alpha value is -0.800. The van der Waals surface area contributed by atoms with Crippen molar-refractivity contribution in [1.29, 1.82) is 0 Å². The van der Waals surface area contributed by atoms with Crippen LogP contribution in [0.2, 0.25) is 5.02 Å². The summed E-state index contributed by atoms with van der Waals surface area (Å²) in [6, 6.07) is 1.76. The molecule has 1 rings (SSSR count). The molecule has 3 nitrogen and oxygen atoms in total.